The van der Waals surface area contributed by atoms with E-state index in [-0.39, 0.29) is 0 Å². The Morgan fingerprint density at radius 2 is 1.84 bits per heavy atom. The van der Waals surface area contributed by atoms with Gasteiger partial charge < -0.3 is 10.2 Å². The third-order valence-corrected chi connectivity index (χ3v) is 4.35. The molecule has 1 fully saturated rings. The molecule has 2 rings (SSSR count). The summed E-state index contributed by atoms with van der Waals surface area (Å²) in [5, 5.41) is 3.46. The first-order chi connectivity index (χ1) is 9.20. The van der Waals surface area contributed by atoms with Crippen LogP contribution in [0.1, 0.15) is 51.1 Å². The molecule has 1 atom stereocenters. The molecule has 1 aromatic rings. The SMILES string of the molecule is CCNC(C)c1ccc(N(C)CC2CCCC2)cc1. The fraction of sp³-hybridized carbons (Fsp3) is 0.647. The molecule has 0 bridgehead atoms. The Bertz CT molecular complexity index is 365. The van der Waals surface area contributed by atoms with E-state index in [1.54, 1.807) is 0 Å². The normalized spacial score (nSPS) is 17.6. The van der Waals surface area contributed by atoms with Crippen molar-refractivity contribution in [2.75, 3.05) is 25.0 Å². The fourth-order valence-electron chi connectivity index (χ4n) is 3.13. The van der Waals surface area contributed by atoms with Crippen molar-refractivity contribution in [2.45, 2.75) is 45.6 Å². The van der Waals surface area contributed by atoms with E-state index >= 15 is 0 Å². The number of hydrogen-bond acceptors (Lipinski definition) is 2. The molecule has 1 N–H and O–H groups in total. The number of rotatable bonds is 6. The Hall–Kier alpha value is -1.02. The van der Waals surface area contributed by atoms with Gasteiger partial charge in [0.05, 0.1) is 0 Å². The second-order valence-corrected chi connectivity index (χ2v) is 5.90. The van der Waals surface area contributed by atoms with Crippen molar-refractivity contribution in [3.05, 3.63) is 29.8 Å². The summed E-state index contributed by atoms with van der Waals surface area (Å²) in [5.74, 6) is 0.908. The molecule has 0 aromatic heterocycles. The zero-order valence-electron chi connectivity index (χ0n) is 12.7. The van der Waals surface area contributed by atoms with Crippen molar-refractivity contribution < 1.29 is 0 Å². The Morgan fingerprint density at radius 3 is 2.42 bits per heavy atom. The minimum Gasteiger partial charge on any atom is -0.374 e. The van der Waals surface area contributed by atoms with Crippen LogP contribution in [-0.4, -0.2) is 20.1 Å². The van der Waals surface area contributed by atoms with Gasteiger partial charge in [0.2, 0.25) is 0 Å². The standard InChI is InChI=1S/C17H28N2/c1-4-18-14(2)16-9-11-17(12-10-16)19(3)13-15-7-5-6-8-15/h9-12,14-15,18H,4-8,13H2,1-3H3. The third-order valence-electron chi connectivity index (χ3n) is 4.35. The lowest BCUT2D eigenvalue weighted by Crippen LogP contribution is -2.24. The molecule has 1 aliphatic rings. The van der Waals surface area contributed by atoms with Gasteiger partial charge in [-0.25, -0.2) is 0 Å². The summed E-state index contributed by atoms with van der Waals surface area (Å²) >= 11 is 0. The maximum absolute atomic E-state index is 3.46. The highest BCUT2D eigenvalue weighted by Gasteiger charge is 2.17. The van der Waals surface area contributed by atoms with Crippen LogP contribution in [0, 0.1) is 5.92 Å². The lowest BCUT2D eigenvalue weighted by Gasteiger charge is -2.23. The van der Waals surface area contributed by atoms with Crippen molar-refractivity contribution >= 4 is 5.69 Å². The summed E-state index contributed by atoms with van der Waals surface area (Å²) < 4.78 is 0. The van der Waals surface area contributed by atoms with E-state index in [2.05, 4.69) is 55.4 Å². The van der Waals surface area contributed by atoms with Gasteiger partial charge in [-0.2, -0.15) is 0 Å². The largest absolute Gasteiger partial charge is 0.374 e. The Balaban J connectivity index is 1.93. The molecule has 1 aliphatic carbocycles. The number of nitrogens with zero attached hydrogens (tertiary/aromatic N) is 1. The Labute approximate surface area is 118 Å². The van der Waals surface area contributed by atoms with Gasteiger partial charge in [-0.1, -0.05) is 31.9 Å². The molecule has 0 saturated heterocycles. The van der Waals surface area contributed by atoms with Gasteiger partial charge >= 0.3 is 0 Å². The van der Waals surface area contributed by atoms with Crippen molar-refractivity contribution in [1.82, 2.24) is 5.32 Å². The first-order valence-corrected chi connectivity index (χ1v) is 7.75. The summed E-state index contributed by atoms with van der Waals surface area (Å²) in [5.41, 5.74) is 2.72. The molecule has 0 aliphatic heterocycles. The average Bonchev–Trinajstić information content (AvgIpc) is 2.92. The van der Waals surface area contributed by atoms with Gasteiger partial charge in [-0.3, -0.25) is 0 Å². The Morgan fingerprint density at radius 1 is 1.21 bits per heavy atom. The number of anilines is 1. The highest BCUT2D eigenvalue weighted by atomic mass is 15.1. The summed E-state index contributed by atoms with van der Waals surface area (Å²) in [4.78, 5) is 2.41. The minimum atomic E-state index is 0.444. The van der Waals surface area contributed by atoms with Crippen LogP contribution in [-0.2, 0) is 0 Å². The zero-order valence-corrected chi connectivity index (χ0v) is 12.7. The van der Waals surface area contributed by atoms with E-state index in [0.717, 1.165) is 12.5 Å². The molecule has 0 radical (unpaired) electrons. The van der Waals surface area contributed by atoms with Crippen molar-refractivity contribution in [1.29, 1.82) is 0 Å². The predicted octanol–water partition coefficient (Wildman–Crippen LogP) is 3.98. The van der Waals surface area contributed by atoms with Gasteiger partial charge in [-0.15, -0.1) is 0 Å². The molecule has 2 heteroatoms. The lowest BCUT2D eigenvalue weighted by atomic mass is 10.1. The number of benzene rings is 1. The van der Waals surface area contributed by atoms with E-state index in [4.69, 9.17) is 0 Å². The topological polar surface area (TPSA) is 15.3 Å². The molecule has 0 spiro atoms. The van der Waals surface area contributed by atoms with Gasteiger partial charge in [-0.05, 0) is 49.9 Å². The van der Waals surface area contributed by atoms with Crippen LogP contribution in [0.3, 0.4) is 0 Å². The van der Waals surface area contributed by atoms with Crippen molar-refractivity contribution in [3.8, 4) is 0 Å². The van der Waals surface area contributed by atoms with Crippen molar-refractivity contribution in [2.24, 2.45) is 5.92 Å². The molecule has 1 saturated carbocycles. The molecule has 0 amide bonds. The van der Waals surface area contributed by atoms with E-state index in [9.17, 15) is 0 Å². The second kappa shape index (κ2) is 6.95. The van der Waals surface area contributed by atoms with E-state index in [0.29, 0.717) is 6.04 Å². The van der Waals surface area contributed by atoms with Crippen LogP contribution in [0.2, 0.25) is 0 Å². The van der Waals surface area contributed by atoms with E-state index in [1.807, 2.05) is 0 Å². The fourth-order valence-corrected chi connectivity index (χ4v) is 3.13. The lowest BCUT2D eigenvalue weighted by molar-refractivity contribution is 0.547. The summed E-state index contributed by atoms with van der Waals surface area (Å²) in [6.45, 7) is 6.60. The molecule has 1 aromatic carbocycles. The molecule has 19 heavy (non-hydrogen) atoms. The minimum absolute atomic E-state index is 0.444. The summed E-state index contributed by atoms with van der Waals surface area (Å²) in [6.07, 6.45) is 5.69. The maximum atomic E-state index is 3.46. The molecule has 2 nitrogen and oxygen atoms in total. The van der Waals surface area contributed by atoms with Crippen LogP contribution in [0.25, 0.3) is 0 Å². The smallest absolute Gasteiger partial charge is 0.0363 e. The monoisotopic (exact) mass is 260 g/mol. The maximum Gasteiger partial charge on any atom is 0.0363 e. The van der Waals surface area contributed by atoms with Crippen LogP contribution < -0.4 is 10.2 Å². The van der Waals surface area contributed by atoms with Gasteiger partial charge in [0.15, 0.2) is 0 Å². The van der Waals surface area contributed by atoms with E-state index in [1.165, 1.54) is 43.5 Å². The molecule has 1 unspecified atom stereocenters. The van der Waals surface area contributed by atoms with Crippen LogP contribution in [0.15, 0.2) is 24.3 Å². The first-order valence-electron chi connectivity index (χ1n) is 7.75. The van der Waals surface area contributed by atoms with Crippen LogP contribution in [0.4, 0.5) is 5.69 Å². The first kappa shape index (κ1) is 14.4. The van der Waals surface area contributed by atoms with Gasteiger partial charge in [0.1, 0.15) is 0 Å². The van der Waals surface area contributed by atoms with Gasteiger partial charge in [0, 0.05) is 25.3 Å². The predicted molar refractivity (Wildman–Crippen MR) is 83.8 cm³/mol. The second-order valence-electron chi connectivity index (χ2n) is 5.90. The quantitative estimate of drug-likeness (QED) is 0.832. The number of nitrogens with one attached hydrogen (secondary N) is 1. The highest BCUT2D eigenvalue weighted by Crippen LogP contribution is 2.27. The number of hydrogen-bond donors (Lipinski definition) is 1. The Kier molecular flexibility index (Phi) is 5.26. The molecule has 0 heterocycles. The average molecular weight is 260 g/mol. The summed E-state index contributed by atoms with van der Waals surface area (Å²) in [6, 6.07) is 9.48. The van der Waals surface area contributed by atoms with Crippen LogP contribution in [0.5, 0.6) is 0 Å². The van der Waals surface area contributed by atoms with Crippen LogP contribution >= 0.6 is 0 Å². The van der Waals surface area contributed by atoms with Crippen molar-refractivity contribution in [3.63, 3.8) is 0 Å². The van der Waals surface area contributed by atoms with E-state index < -0.39 is 0 Å². The third kappa shape index (κ3) is 3.97. The molecular formula is C17H28N2. The molecular weight excluding hydrogens is 232 g/mol. The highest BCUT2D eigenvalue weighted by molar-refractivity contribution is 5.47. The summed E-state index contributed by atoms with van der Waals surface area (Å²) in [7, 11) is 2.22. The zero-order chi connectivity index (χ0) is 13.7. The van der Waals surface area contributed by atoms with Gasteiger partial charge in [0.25, 0.3) is 0 Å². The molecule has 106 valence electrons.